The predicted molar refractivity (Wildman–Crippen MR) is 91.8 cm³/mol. The Labute approximate surface area is 132 Å². The summed E-state index contributed by atoms with van der Waals surface area (Å²) in [6.07, 6.45) is 0.189. The molecule has 0 spiro atoms. The molecule has 2 heteroatoms. The highest BCUT2D eigenvalue weighted by Gasteiger charge is 2.09. The van der Waals surface area contributed by atoms with Gasteiger partial charge < -0.3 is 5.11 Å². The largest absolute Gasteiger partial charge is 0.388 e. The first-order valence-corrected chi connectivity index (χ1v) is 7.71. The minimum atomic E-state index is -0.459. The Balaban J connectivity index is 1.84. The second-order valence-electron chi connectivity index (χ2n) is 4.95. The van der Waals surface area contributed by atoms with Crippen LogP contribution in [-0.4, -0.2) is 5.11 Å². The highest BCUT2D eigenvalue weighted by Crippen LogP contribution is 2.23. The fourth-order valence-electron chi connectivity index (χ4n) is 2.38. The first-order chi connectivity index (χ1) is 9.72. The molecule has 0 aliphatic rings. The first-order valence-electron chi connectivity index (χ1n) is 6.63. The first kappa shape index (κ1) is 13.6. The van der Waals surface area contributed by atoms with Gasteiger partial charge in [0.15, 0.2) is 0 Å². The Kier molecular flexibility index (Phi) is 4.03. The van der Waals surface area contributed by atoms with E-state index < -0.39 is 6.10 Å². The summed E-state index contributed by atoms with van der Waals surface area (Å²) in [5.41, 5.74) is 2.13. The second kappa shape index (κ2) is 5.94. The molecule has 3 aromatic rings. The molecule has 100 valence electrons. The van der Waals surface area contributed by atoms with Gasteiger partial charge >= 0.3 is 0 Å². The van der Waals surface area contributed by atoms with E-state index in [1.165, 1.54) is 14.3 Å². The zero-order valence-electron chi connectivity index (χ0n) is 11.0. The van der Waals surface area contributed by atoms with Crippen LogP contribution in [0.3, 0.4) is 0 Å². The number of rotatable bonds is 3. The van der Waals surface area contributed by atoms with Crippen molar-refractivity contribution in [1.29, 1.82) is 0 Å². The number of hydrogen-bond donors (Lipinski definition) is 1. The molecule has 20 heavy (non-hydrogen) atoms. The molecule has 1 nitrogen and oxygen atoms in total. The van der Waals surface area contributed by atoms with Crippen molar-refractivity contribution in [3.8, 4) is 0 Å². The third-order valence-electron chi connectivity index (χ3n) is 3.50. The molecule has 1 atom stereocenters. The normalized spacial score (nSPS) is 12.5. The molecule has 3 aromatic carbocycles. The van der Waals surface area contributed by atoms with Crippen molar-refractivity contribution in [2.45, 2.75) is 12.5 Å². The summed E-state index contributed by atoms with van der Waals surface area (Å²) in [6.45, 7) is 0. The molecule has 0 amide bonds. The average Bonchev–Trinajstić information content (AvgIpc) is 2.49. The van der Waals surface area contributed by atoms with Crippen LogP contribution in [0, 0.1) is 3.57 Å². The smallest absolute Gasteiger partial charge is 0.0830 e. The fraction of sp³-hybridized carbons (Fsp3) is 0.111. The molecule has 0 saturated heterocycles. The minimum Gasteiger partial charge on any atom is -0.388 e. The number of aliphatic hydroxyl groups is 1. The van der Waals surface area contributed by atoms with E-state index in [0.29, 0.717) is 6.42 Å². The lowest BCUT2D eigenvalue weighted by atomic mass is 9.99. The maximum Gasteiger partial charge on any atom is 0.0830 e. The van der Waals surface area contributed by atoms with Crippen LogP contribution >= 0.6 is 22.6 Å². The Bertz CT molecular complexity index is 719. The Morgan fingerprint density at radius 1 is 0.850 bits per heavy atom. The highest BCUT2D eigenvalue weighted by atomic mass is 127. The maximum atomic E-state index is 10.4. The molecule has 0 bridgehead atoms. The van der Waals surface area contributed by atoms with E-state index >= 15 is 0 Å². The molecule has 0 radical (unpaired) electrons. The van der Waals surface area contributed by atoms with Crippen LogP contribution in [0.25, 0.3) is 10.8 Å². The van der Waals surface area contributed by atoms with Crippen molar-refractivity contribution < 1.29 is 5.11 Å². The molecule has 3 rings (SSSR count). The molecule has 0 aliphatic heterocycles. The molecule has 0 aromatic heterocycles. The summed E-state index contributed by atoms with van der Waals surface area (Å²) in [4.78, 5) is 0. The van der Waals surface area contributed by atoms with Gasteiger partial charge in [-0.3, -0.25) is 0 Å². The summed E-state index contributed by atoms with van der Waals surface area (Å²) < 4.78 is 1.21. The summed E-state index contributed by atoms with van der Waals surface area (Å²) in [7, 11) is 0. The van der Waals surface area contributed by atoms with Crippen molar-refractivity contribution >= 4 is 33.4 Å². The molecule has 0 heterocycles. The van der Waals surface area contributed by atoms with Gasteiger partial charge in [-0.15, -0.1) is 0 Å². The van der Waals surface area contributed by atoms with Crippen molar-refractivity contribution in [3.05, 3.63) is 81.4 Å². The summed E-state index contributed by atoms with van der Waals surface area (Å²) in [5, 5.41) is 12.8. The Morgan fingerprint density at radius 3 is 2.30 bits per heavy atom. The molecule has 1 unspecified atom stereocenters. The molecule has 0 fully saturated rings. The van der Waals surface area contributed by atoms with Gasteiger partial charge in [-0.1, -0.05) is 48.5 Å². The Morgan fingerprint density at radius 2 is 1.55 bits per heavy atom. The SMILES string of the molecule is OC(Cc1ccc(I)cc1)c1ccc2ccccc2c1. The van der Waals surface area contributed by atoms with Crippen LogP contribution < -0.4 is 0 Å². The van der Waals surface area contributed by atoms with Crippen molar-refractivity contribution in [1.82, 2.24) is 0 Å². The number of fused-ring (bicyclic) bond motifs is 1. The van der Waals surface area contributed by atoms with E-state index in [-0.39, 0.29) is 0 Å². The standard InChI is InChI=1S/C18H15IO/c19-17-9-5-13(6-10-17)11-18(20)16-8-7-14-3-1-2-4-15(14)12-16/h1-10,12,18,20H,11H2. The monoisotopic (exact) mass is 374 g/mol. The van der Waals surface area contributed by atoms with Gasteiger partial charge in [-0.2, -0.15) is 0 Å². The number of halogens is 1. The zero-order valence-corrected chi connectivity index (χ0v) is 13.1. The van der Waals surface area contributed by atoms with Crippen LogP contribution in [0.5, 0.6) is 0 Å². The van der Waals surface area contributed by atoms with E-state index in [1.807, 2.05) is 18.2 Å². The van der Waals surface area contributed by atoms with Gasteiger partial charge in [0, 0.05) is 9.99 Å². The van der Waals surface area contributed by atoms with Gasteiger partial charge in [-0.25, -0.2) is 0 Å². The fourth-order valence-corrected chi connectivity index (χ4v) is 2.74. The number of benzene rings is 3. The summed E-state index contributed by atoms with van der Waals surface area (Å²) in [5.74, 6) is 0. The maximum absolute atomic E-state index is 10.4. The lowest BCUT2D eigenvalue weighted by Crippen LogP contribution is -2.01. The van der Waals surface area contributed by atoms with Crippen LogP contribution in [0.4, 0.5) is 0 Å². The van der Waals surface area contributed by atoms with E-state index in [9.17, 15) is 5.11 Å². The molecule has 0 aliphatic carbocycles. The number of aliphatic hydroxyl groups excluding tert-OH is 1. The van der Waals surface area contributed by atoms with Crippen LogP contribution in [0.1, 0.15) is 17.2 Å². The topological polar surface area (TPSA) is 20.2 Å². The van der Waals surface area contributed by atoms with Gasteiger partial charge in [0.2, 0.25) is 0 Å². The highest BCUT2D eigenvalue weighted by molar-refractivity contribution is 14.1. The van der Waals surface area contributed by atoms with E-state index in [0.717, 1.165) is 11.1 Å². The van der Waals surface area contributed by atoms with E-state index in [1.54, 1.807) is 0 Å². The Hall–Kier alpha value is -1.39. The van der Waals surface area contributed by atoms with Crippen molar-refractivity contribution in [2.24, 2.45) is 0 Å². The minimum absolute atomic E-state index is 0.459. The summed E-state index contributed by atoms with van der Waals surface area (Å²) >= 11 is 2.29. The van der Waals surface area contributed by atoms with Crippen molar-refractivity contribution in [3.63, 3.8) is 0 Å². The van der Waals surface area contributed by atoms with Gasteiger partial charge in [0.05, 0.1) is 6.10 Å². The van der Waals surface area contributed by atoms with Crippen molar-refractivity contribution in [2.75, 3.05) is 0 Å². The third-order valence-corrected chi connectivity index (χ3v) is 4.22. The van der Waals surface area contributed by atoms with Crippen LogP contribution in [-0.2, 0) is 6.42 Å². The van der Waals surface area contributed by atoms with E-state index in [2.05, 4.69) is 71.1 Å². The molecular weight excluding hydrogens is 359 g/mol. The van der Waals surface area contributed by atoms with Gasteiger partial charge in [0.25, 0.3) is 0 Å². The quantitative estimate of drug-likeness (QED) is 0.658. The van der Waals surface area contributed by atoms with Crippen LogP contribution in [0.2, 0.25) is 0 Å². The lowest BCUT2D eigenvalue weighted by molar-refractivity contribution is 0.178. The third kappa shape index (κ3) is 3.02. The van der Waals surface area contributed by atoms with Gasteiger partial charge in [-0.05, 0) is 62.7 Å². The van der Waals surface area contributed by atoms with Crippen LogP contribution in [0.15, 0.2) is 66.7 Å². The predicted octanol–water partition coefficient (Wildman–Crippen LogP) is 4.72. The van der Waals surface area contributed by atoms with E-state index in [4.69, 9.17) is 0 Å². The second-order valence-corrected chi connectivity index (χ2v) is 6.20. The zero-order chi connectivity index (χ0) is 13.9. The lowest BCUT2D eigenvalue weighted by Gasteiger charge is -2.12. The molecule has 0 saturated carbocycles. The number of hydrogen-bond acceptors (Lipinski definition) is 1. The van der Waals surface area contributed by atoms with Gasteiger partial charge in [0.1, 0.15) is 0 Å². The molecular formula is C18H15IO. The average molecular weight is 374 g/mol. The summed E-state index contributed by atoms with van der Waals surface area (Å²) in [6, 6.07) is 22.7. The molecule has 1 N–H and O–H groups in total.